The highest BCUT2D eigenvalue weighted by molar-refractivity contribution is 5.50. The molecule has 0 amide bonds. The second kappa shape index (κ2) is 3.35. The molecule has 0 bridgehead atoms. The first-order chi connectivity index (χ1) is 6.29. The van der Waals surface area contributed by atoms with Crippen molar-refractivity contribution in [2.45, 2.75) is 25.3 Å². The van der Waals surface area contributed by atoms with Crippen LogP contribution < -0.4 is 5.73 Å². The molecule has 1 aromatic carbocycles. The lowest BCUT2D eigenvalue weighted by atomic mass is 9.88. The van der Waals surface area contributed by atoms with Crippen LogP contribution in [0.4, 0.5) is 0 Å². The van der Waals surface area contributed by atoms with Crippen LogP contribution in [0.1, 0.15) is 23.1 Å². The average molecular weight is 173 g/mol. The molecular weight excluding hydrogens is 158 g/mol. The van der Waals surface area contributed by atoms with Crippen LogP contribution in [0.3, 0.4) is 0 Å². The van der Waals surface area contributed by atoms with Gasteiger partial charge >= 0.3 is 0 Å². The zero-order valence-electron chi connectivity index (χ0n) is 7.79. The summed E-state index contributed by atoms with van der Waals surface area (Å²) in [5, 5.41) is 0. The van der Waals surface area contributed by atoms with Crippen molar-refractivity contribution in [1.29, 1.82) is 0 Å². The minimum atomic E-state index is 0.354. The Balaban J connectivity index is 2.38. The Bertz CT molecular complexity index is 328. The molecule has 0 unspecified atom stereocenters. The minimum Gasteiger partial charge on any atom is -0.327 e. The molecule has 1 aromatic rings. The van der Waals surface area contributed by atoms with Crippen LogP contribution in [0, 0.1) is 0 Å². The smallest absolute Gasteiger partial charge is 0.00825 e. The molecule has 0 radical (unpaired) electrons. The Labute approximate surface area is 79.3 Å². The van der Waals surface area contributed by atoms with E-state index >= 15 is 0 Å². The largest absolute Gasteiger partial charge is 0.327 e. The van der Waals surface area contributed by atoms with Gasteiger partial charge in [0.15, 0.2) is 0 Å². The van der Waals surface area contributed by atoms with Crippen LogP contribution >= 0.6 is 0 Å². The van der Waals surface area contributed by atoms with Crippen LogP contribution in [0.15, 0.2) is 24.8 Å². The number of hydrogen-bond acceptors (Lipinski definition) is 1. The van der Waals surface area contributed by atoms with Crippen molar-refractivity contribution in [3.8, 4) is 0 Å². The maximum Gasteiger partial charge on any atom is 0.00825 e. The fourth-order valence-corrected chi connectivity index (χ4v) is 1.93. The van der Waals surface area contributed by atoms with E-state index in [9.17, 15) is 0 Å². The van der Waals surface area contributed by atoms with Crippen LogP contribution in [-0.2, 0) is 12.8 Å². The quantitative estimate of drug-likeness (QED) is 0.692. The van der Waals surface area contributed by atoms with E-state index in [0.717, 1.165) is 19.3 Å². The third-order valence-corrected chi connectivity index (χ3v) is 2.73. The zero-order valence-corrected chi connectivity index (χ0v) is 7.79. The van der Waals surface area contributed by atoms with Crippen LogP contribution in [-0.4, -0.2) is 6.04 Å². The van der Waals surface area contributed by atoms with E-state index in [1.165, 1.54) is 16.7 Å². The molecule has 0 heterocycles. The van der Waals surface area contributed by atoms with E-state index in [4.69, 9.17) is 5.73 Å². The molecule has 0 saturated carbocycles. The molecule has 2 rings (SSSR count). The molecule has 0 fully saturated rings. The van der Waals surface area contributed by atoms with Gasteiger partial charge in [-0.05, 0) is 36.0 Å². The number of nitrogens with two attached hydrogens (primary N) is 1. The molecule has 2 N–H and O–H groups in total. The molecule has 0 saturated heterocycles. The summed E-state index contributed by atoms with van der Waals surface area (Å²) in [5.74, 6) is 0. The van der Waals surface area contributed by atoms with Crippen molar-refractivity contribution >= 4 is 6.08 Å². The van der Waals surface area contributed by atoms with Gasteiger partial charge in [0, 0.05) is 6.04 Å². The van der Waals surface area contributed by atoms with E-state index < -0.39 is 0 Å². The second-order valence-electron chi connectivity index (χ2n) is 3.74. The summed E-state index contributed by atoms with van der Waals surface area (Å²) in [5.41, 5.74) is 10.00. The van der Waals surface area contributed by atoms with Gasteiger partial charge in [0.1, 0.15) is 0 Å². The predicted octanol–water partition coefficient (Wildman–Crippen LogP) is 2.15. The van der Waals surface area contributed by atoms with E-state index in [-0.39, 0.29) is 0 Å². The van der Waals surface area contributed by atoms with Gasteiger partial charge < -0.3 is 5.73 Å². The third kappa shape index (κ3) is 1.65. The molecule has 1 atom stereocenters. The maximum atomic E-state index is 5.92. The lowest BCUT2D eigenvalue weighted by molar-refractivity contribution is 0.576. The summed E-state index contributed by atoms with van der Waals surface area (Å²) in [6.07, 6.45) is 5.17. The SMILES string of the molecule is C=Cc1ccc2c(c1)C[C@@H](N)CC2. The van der Waals surface area contributed by atoms with Crippen LogP contribution in [0.25, 0.3) is 6.08 Å². The van der Waals surface area contributed by atoms with Crippen molar-refractivity contribution in [2.24, 2.45) is 5.73 Å². The maximum absolute atomic E-state index is 5.92. The number of benzene rings is 1. The average Bonchev–Trinajstić information content (AvgIpc) is 2.16. The summed E-state index contributed by atoms with van der Waals surface area (Å²) in [6, 6.07) is 6.90. The van der Waals surface area contributed by atoms with Crippen molar-refractivity contribution < 1.29 is 0 Å². The minimum absolute atomic E-state index is 0.354. The number of fused-ring (bicyclic) bond motifs is 1. The lowest BCUT2D eigenvalue weighted by Gasteiger charge is -2.21. The van der Waals surface area contributed by atoms with Gasteiger partial charge in [0.2, 0.25) is 0 Å². The number of rotatable bonds is 1. The summed E-state index contributed by atoms with van der Waals surface area (Å²) >= 11 is 0. The van der Waals surface area contributed by atoms with Gasteiger partial charge in [0.05, 0.1) is 0 Å². The highest BCUT2D eigenvalue weighted by atomic mass is 14.6. The molecule has 0 spiro atoms. The fourth-order valence-electron chi connectivity index (χ4n) is 1.93. The molecule has 1 heteroatoms. The Kier molecular flexibility index (Phi) is 2.19. The van der Waals surface area contributed by atoms with Crippen molar-refractivity contribution in [2.75, 3.05) is 0 Å². The Morgan fingerprint density at radius 1 is 1.38 bits per heavy atom. The van der Waals surface area contributed by atoms with Crippen molar-refractivity contribution in [3.05, 3.63) is 41.5 Å². The summed E-state index contributed by atoms with van der Waals surface area (Å²) in [4.78, 5) is 0. The lowest BCUT2D eigenvalue weighted by Crippen LogP contribution is -2.27. The molecule has 1 nitrogen and oxygen atoms in total. The topological polar surface area (TPSA) is 26.0 Å². The highest BCUT2D eigenvalue weighted by Crippen LogP contribution is 2.21. The van der Waals surface area contributed by atoms with Gasteiger partial charge in [-0.25, -0.2) is 0 Å². The third-order valence-electron chi connectivity index (χ3n) is 2.73. The Hall–Kier alpha value is -1.08. The first-order valence-electron chi connectivity index (χ1n) is 4.79. The standard InChI is InChI=1S/C12H15N/c1-2-9-3-4-10-5-6-12(13)8-11(10)7-9/h2-4,7,12H,1,5-6,8,13H2/t12-/m0/s1. The normalized spacial score (nSPS) is 20.8. The molecule has 68 valence electrons. The first-order valence-corrected chi connectivity index (χ1v) is 4.79. The molecule has 1 aliphatic carbocycles. The summed E-state index contributed by atoms with van der Waals surface area (Å²) < 4.78 is 0. The first kappa shape index (κ1) is 8.52. The van der Waals surface area contributed by atoms with E-state index in [1.54, 1.807) is 0 Å². The van der Waals surface area contributed by atoms with Crippen LogP contribution in [0.2, 0.25) is 0 Å². The predicted molar refractivity (Wildman–Crippen MR) is 56.5 cm³/mol. The molecule has 1 aliphatic rings. The van der Waals surface area contributed by atoms with E-state index in [0.29, 0.717) is 6.04 Å². The van der Waals surface area contributed by atoms with Gasteiger partial charge in [-0.15, -0.1) is 0 Å². The number of hydrogen-bond donors (Lipinski definition) is 1. The fraction of sp³-hybridized carbons (Fsp3) is 0.333. The monoisotopic (exact) mass is 173 g/mol. The molecule has 0 aromatic heterocycles. The summed E-state index contributed by atoms with van der Waals surface area (Å²) in [6.45, 7) is 3.77. The summed E-state index contributed by atoms with van der Waals surface area (Å²) in [7, 11) is 0. The van der Waals surface area contributed by atoms with Crippen molar-refractivity contribution in [3.63, 3.8) is 0 Å². The molecular formula is C12H15N. The Morgan fingerprint density at radius 3 is 3.00 bits per heavy atom. The second-order valence-corrected chi connectivity index (χ2v) is 3.74. The van der Waals surface area contributed by atoms with Gasteiger partial charge in [-0.2, -0.15) is 0 Å². The van der Waals surface area contributed by atoms with Gasteiger partial charge in [0.25, 0.3) is 0 Å². The van der Waals surface area contributed by atoms with E-state index in [2.05, 4.69) is 24.8 Å². The Morgan fingerprint density at radius 2 is 2.23 bits per heavy atom. The molecule has 13 heavy (non-hydrogen) atoms. The van der Waals surface area contributed by atoms with Crippen molar-refractivity contribution in [1.82, 2.24) is 0 Å². The van der Waals surface area contributed by atoms with Gasteiger partial charge in [-0.1, -0.05) is 30.9 Å². The van der Waals surface area contributed by atoms with E-state index in [1.807, 2.05) is 6.08 Å². The molecule has 0 aliphatic heterocycles. The number of aryl methyl sites for hydroxylation is 1. The highest BCUT2D eigenvalue weighted by Gasteiger charge is 2.14. The van der Waals surface area contributed by atoms with Crippen LogP contribution in [0.5, 0.6) is 0 Å². The zero-order chi connectivity index (χ0) is 9.26. The van der Waals surface area contributed by atoms with Gasteiger partial charge in [-0.3, -0.25) is 0 Å².